The van der Waals surface area contributed by atoms with Gasteiger partial charge in [-0.3, -0.25) is 10.4 Å². The van der Waals surface area contributed by atoms with E-state index in [1.807, 2.05) is 11.8 Å². The maximum Gasteiger partial charge on any atom is 0.187 e. The van der Waals surface area contributed by atoms with E-state index in [-0.39, 0.29) is 4.87 Å². The van der Waals surface area contributed by atoms with Gasteiger partial charge in [0.05, 0.1) is 5.69 Å². The maximum atomic E-state index is 4.74. The van der Waals surface area contributed by atoms with E-state index in [1.54, 1.807) is 11.8 Å². The van der Waals surface area contributed by atoms with Crippen molar-refractivity contribution in [3.63, 3.8) is 0 Å². The van der Waals surface area contributed by atoms with Gasteiger partial charge >= 0.3 is 0 Å². The summed E-state index contributed by atoms with van der Waals surface area (Å²) in [6.07, 6.45) is 6.58. The van der Waals surface area contributed by atoms with Crippen LogP contribution in [-0.2, 0) is 0 Å². The Morgan fingerprint density at radius 2 is 1.90 bits per heavy atom. The zero-order valence-corrected chi connectivity index (χ0v) is 13.8. The first-order chi connectivity index (χ1) is 10.3. The van der Waals surface area contributed by atoms with Gasteiger partial charge in [-0.25, -0.2) is 4.99 Å². The fourth-order valence-corrected chi connectivity index (χ4v) is 5.53. The van der Waals surface area contributed by atoms with E-state index in [0.717, 1.165) is 10.9 Å². The number of hydrazine groups is 1. The highest BCUT2D eigenvalue weighted by atomic mass is 32.2. The Morgan fingerprint density at radius 3 is 2.67 bits per heavy atom. The molecule has 0 unspecified atom stereocenters. The molecule has 3 nitrogen and oxygen atoms in total. The second-order valence-electron chi connectivity index (χ2n) is 5.88. The largest absolute Gasteiger partial charge is 0.274 e. The van der Waals surface area contributed by atoms with Gasteiger partial charge in [-0.2, -0.15) is 0 Å². The quantitative estimate of drug-likeness (QED) is 0.809. The normalized spacial score (nSPS) is 25.1. The molecule has 1 aliphatic carbocycles. The highest BCUT2D eigenvalue weighted by Gasteiger charge is 2.47. The molecule has 0 atom stereocenters. The summed E-state index contributed by atoms with van der Waals surface area (Å²) < 4.78 is 0. The summed E-state index contributed by atoms with van der Waals surface area (Å²) >= 11 is 3.75. The first-order valence-electron chi connectivity index (χ1n) is 7.53. The molecule has 2 heterocycles. The monoisotopic (exact) mass is 317 g/mol. The van der Waals surface area contributed by atoms with Crippen molar-refractivity contribution in [1.29, 1.82) is 0 Å². The molecule has 0 aromatic heterocycles. The molecule has 21 heavy (non-hydrogen) atoms. The van der Waals surface area contributed by atoms with Gasteiger partial charge in [-0.05, 0) is 43.7 Å². The Kier molecular flexibility index (Phi) is 3.42. The molecule has 2 fully saturated rings. The lowest BCUT2D eigenvalue weighted by molar-refractivity contribution is 0.164. The van der Waals surface area contributed by atoms with Crippen molar-refractivity contribution in [2.75, 3.05) is 0 Å². The summed E-state index contributed by atoms with van der Waals surface area (Å²) in [6, 6.07) is 8.37. The summed E-state index contributed by atoms with van der Waals surface area (Å²) in [7, 11) is 0. The molecule has 1 saturated carbocycles. The number of nitrogens with zero attached hydrogens (tertiary/aromatic N) is 2. The number of rotatable bonds is 1. The number of amidine groups is 1. The second-order valence-corrected chi connectivity index (χ2v) is 8.12. The molecule has 1 N–H and O–H groups in total. The summed E-state index contributed by atoms with van der Waals surface area (Å²) in [5, 5.41) is 6.98. The zero-order chi connectivity index (χ0) is 14.3. The van der Waals surface area contributed by atoms with Crippen LogP contribution in [0.3, 0.4) is 0 Å². The molecule has 3 aliphatic rings. The Morgan fingerprint density at radius 1 is 1.14 bits per heavy atom. The predicted octanol–water partition coefficient (Wildman–Crippen LogP) is 4.74. The molecule has 0 radical (unpaired) electrons. The van der Waals surface area contributed by atoms with Crippen molar-refractivity contribution >= 4 is 34.4 Å². The fraction of sp³-hybridized carbons (Fsp3) is 0.438. The minimum Gasteiger partial charge on any atom is -0.274 e. The van der Waals surface area contributed by atoms with E-state index in [1.165, 1.54) is 42.7 Å². The molecule has 110 valence electrons. The average molecular weight is 317 g/mol. The number of hydrogen-bond donors (Lipinski definition) is 1. The van der Waals surface area contributed by atoms with Crippen molar-refractivity contribution in [2.45, 2.75) is 43.9 Å². The third-order valence-corrected chi connectivity index (χ3v) is 6.72. The molecule has 1 saturated heterocycles. The summed E-state index contributed by atoms with van der Waals surface area (Å²) in [6.45, 7) is 2.10. The van der Waals surface area contributed by atoms with E-state index in [9.17, 15) is 0 Å². The number of fused-ring (bicyclic) bond motifs is 2. The fourth-order valence-electron chi connectivity index (χ4n) is 3.14. The van der Waals surface area contributed by atoms with Crippen molar-refractivity contribution in [1.82, 2.24) is 10.4 Å². The van der Waals surface area contributed by atoms with Gasteiger partial charge in [-0.1, -0.05) is 37.0 Å². The lowest BCUT2D eigenvalue weighted by Gasteiger charge is -2.40. The third-order valence-electron chi connectivity index (χ3n) is 4.32. The Labute approximate surface area is 134 Å². The molecule has 5 heteroatoms. The number of aryl methyl sites for hydroxylation is 1. The van der Waals surface area contributed by atoms with Crippen LogP contribution in [0.4, 0.5) is 5.69 Å². The topological polar surface area (TPSA) is 27.6 Å². The van der Waals surface area contributed by atoms with E-state index in [4.69, 9.17) is 4.99 Å². The van der Waals surface area contributed by atoms with Crippen LogP contribution in [0, 0.1) is 6.92 Å². The lowest BCUT2D eigenvalue weighted by Crippen LogP contribution is -2.48. The number of nitrogens with one attached hydrogen (secondary N) is 1. The molecule has 0 bridgehead atoms. The number of aliphatic imine (C=N–C) groups is 1. The van der Waals surface area contributed by atoms with Crippen LogP contribution in [0.25, 0.3) is 0 Å². The molecular weight excluding hydrogens is 298 g/mol. The Hall–Kier alpha value is -1.07. The van der Waals surface area contributed by atoms with Gasteiger partial charge in [-0.15, -0.1) is 11.8 Å². The Balaban J connectivity index is 1.55. The van der Waals surface area contributed by atoms with Crippen LogP contribution in [0.1, 0.15) is 37.7 Å². The van der Waals surface area contributed by atoms with Crippen LogP contribution in [0.2, 0.25) is 0 Å². The van der Waals surface area contributed by atoms with Gasteiger partial charge in [0.25, 0.3) is 0 Å². The van der Waals surface area contributed by atoms with Gasteiger partial charge in [0.15, 0.2) is 5.17 Å². The first kappa shape index (κ1) is 13.6. The smallest absolute Gasteiger partial charge is 0.187 e. The number of thioether (sulfide) groups is 2. The Bertz CT molecular complexity index is 600. The van der Waals surface area contributed by atoms with Crippen molar-refractivity contribution < 1.29 is 0 Å². The average Bonchev–Trinajstić information content (AvgIpc) is 3.04. The molecule has 2 aliphatic heterocycles. The van der Waals surface area contributed by atoms with Crippen LogP contribution in [0.5, 0.6) is 0 Å². The molecule has 0 amide bonds. The molecule has 1 aromatic rings. The van der Waals surface area contributed by atoms with E-state index < -0.39 is 0 Å². The van der Waals surface area contributed by atoms with E-state index in [0.29, 0.717) is 0 Å². The second kappa shape index (κ2) is 5.29. The van der Waals surface area contributed by atoms with Gasteiger partial charge in [0, 0.05) is 5.41 Å². The molecule has 1 spiro atoms. The summed E-state index contributed by atoms with van der Waals surface area (Å²) in [5.74, 6) is 0. The van der Waals surface area contributed by atoms with Gasteiger partial charge in [0.2, 0.25) is 0 Å². The number of benzene rings is 1. The highest BCUT2D eigenvalue weighted by Crippen LogP contribution is 2.53. The number of hydrogen-bond acceptors (Lipinski definition) is 4. The van der Waals surface area contributed by atoms with Gasteiger partial charge < -0.3 is 0 Å². The molecular formula is C16H19N3S2. The minimum atomic E-state index is 0.241. The van der Waals surface area contributed by atoms with Crippen LogP contribution in [-0.4, -0.2) is 15.0 Å². The van der Waals surface area contributed by atoms with Crippen molar-refractivity contribution in [3.05, 3.63) is 40.3 Å². The van der Waals surface area contributed by atoms with Crippen LogP contribution >= 0.6 is 23.5 Å². The van der Waals surface area contributed by atoms with Crippen LogP contribution in [0.15, 0.2) is 39.7 Å². The standard InChI is InChI=1S/C16H19N3S2/c1-12-5-7-13(8-6-12)17-15-18-19-14(21-15)11-20-16(19)9-3-2-4-10-16/h5-8,11H,2-4,9-10H2,1H3,(H,17,18). The zero-order valence-electron chi connectivity index (χ0n) is 12.1. The molecule has 1 aromatic carbocycles. The SMILES string of the molecule is Cc1ccc(N=C2NN3C(=CSC34CCCCC4)S2)cc1. The van der Waals surface area contributed by atoms with E-state index >= 15 is 0 Å². The third kappa shape index (κ3) is 2.46. The maximum absolute atomic E-state index is 4.74. The minimum absolute atomic E-state index is 0.241. The first-order valence-corrected chi connectivity index (χ1v) is 9.23. The highest BCUT2D eigenvalue weighted by molar-refractivity contribution is 8.18. The van der Waals surface area contributed by atoms with Crippen molar-refractivity contribution in [2.24, 2.45) is 4.99 Å². The predicted molar refractivity (Wildman–Crippen MR) is 92.3 cm³/mol. The van der Waals surface area contributed by atoms with Crippen molar-refractivity contribution in [3.8, 4) is 0 Å². The van der Waals surface area contributed by atoms with Gasteiger partial charge in [0.1, 0.15) is 9.90 Å². The summed E-state index contributed by atoms with van der Waals surface area (Å²) in [5.41, 5.74) is 5.82. The van der Waals surface area contributed by atoms with Crippen LogP contribution < -0.4 is 5.43 Å². The van der Waals surface area contributed by atoms with E-state index in [2.05, 4.69) is 47.0 Å². The summed E-state index contributed by atoms with van der Waals surface area (Å²) in [4.78, 5) is 4.98. The lowest BCUT2D eigenvalue weighted by atomic mass is 9.94. The molecule has 4 rings (SSSR count).